The van der Waals surface area contributed by atoms with Crippen LogP contribution in [-0.2, 0) is 30.8 Å². The molecule has 1 heterocycles. The van der Waals surface area contributed by atoms with Gasteiger partial charge in [0.2, 0.25) is 11.4 Å². The van der Waals surface area contributed by atoms with E-state index in [1.54, 1.807) is 14.5 Å². The molecule has 0 saturated carbocycles. The molecule has 3 rings (SSSR count). The molecule has 470 valence electrons. The minimum absolute atomic E-state index is 1.00. The molecule has 0 atom stereocenters. The number of unbranched alkanes of at least 4 members (excludes halogenated alkanes) is 44. The van der Waals surface area contributed by atoms with E-state index in [4.69, 9.17) is 0 Å². The molecule has 0 radical (unpaired) electrons. The molecule has 0 aliphatic carbocycles. The van der Waals surface area contributed by atoms with Crippen molar-refractivity contribution in [3.63, 3.8) is 0 Å². The van der Waals surface area contributed by atoms with Crippen LogP contribution in [0, 0.1) is 0 Å². The van der Waals surface area contributed by atoms with Gasteiger partial charge in [0.05, 0.1) is 0 Å². The van der Waals surface area contributed by atoms with E-state index < -0.39 is 0 Å². The Hall–Kier alpha value is -1.82. The molecule has 0 amide bonds. The summed E-state index contributed by atoms with van der Waals surface area (Å²) in [5.74, 6) is 0. The summed E-state index contributed by atoms with van der Waals surface area (Å²) in [6.07, 6.45) is 75.7. The molecular weight excluding hydrogens is 1070 g/mol. The van der Waals surface area contributed by atoms with Gasteiger partial charge in [0, 0.05) is 22.3 Å². The monoisotopic (exact) mass is 1210 g/mol. The molecule has 0 bridgehead atoms. The molecule has 0 fully saturated rings. The van der Waals surface area contributed by atoms with Crippen molar-refractivity contribution in [1.29, 1.82) is 0 Å². The molecule has 0 spiro atoms. The van der Waals surface area contributed by atoms with E-state index in [1.165, 1.54) is 318 Å². The number of hydrogen-bond donors (Lipinski definition) is 0. The summed E-state index contributed by atoms with van der Waals surface area (Å²) in [6, 6.07) is 18.0. The van der Waals surface area contributed by atoms with Crippen molar-refractivity contribution in [2.75, 3.05) is 0 Å². The van der Waals surface area contributed by atoms with Crippen LogP contribution in [0.1, 0.15) is 398 Å². The Morgan fingerprint density at radius 2 is 0.556 bits per heavy atom. The molecule has 1 aliphatic heterocycles. The molecule has 0 unspecified atom stereocenters. The SMILES string of the molecule is CCCCCCCCCCCCCCCCCCCC[CH2][Pd][CH2]CCCCCCCCCCCCCCCCCCCC.CCCCCCCCc1cccc(C2=C(CCCC)C(CCCC)=C(c3ccc(CCCC)cc3)[N+]2=[N-])c1. The summed E-state index contributed by atoms with van der Waals surface area (Å²) in [4.78, 5) is 3.10. The van der Waals surface area contributed by atoms with Crippen LogP contribution in [0.25, 0.3) is 16.9 Å². The van der Waals surface area contributed by atoms with E-state index in [0.29, 0.717) is 0 Å². The Kier molecular flexibility index (Phi) is 53.2. The van der Waals surface area contributed by atoms with Gasteiger partial charge in [-0.15, -0.1) is 0 Å². The molecule has 0 aromatic heterocycles. The van der Waals surface area contributed by atoms with Crippen LogP contribution in [0.3, 0.4) is 0 Å². The van der Waals surface area contributed by atoms with E-state index in [0.717, 1.165) is 91.9 Å². The fraction of sp³-hybridized carbons (Fsp3) is 0.795. The van der Waals surface area contributed by atoms with Gasteiger partial charge < -0.3 is 5.53 Å². The summed E-state index contributed by atoms with van der Waals surface area (Å²) in [7, 11) is 0. The van der Waals surface area contributed by atoms with Gasteiger partial charge in [-0.1, -0.05) is 220 Å². The van der Waals surface area contributed by atoms with Crippen molar-refractivity contribution in [2.45, 2.75) is 398 Å². The maximum absolute atomic E-state index is 11.8. The van der Waals surface area contributed by atoms with Gasteiger partial charge in [-0.25, -0.2) is 4.70 Å². The topological polar surface area (TPSA) is 25.3 Å². The Balaban J connectivity index is 0.000000556. The minimum Gasteiger partial charge on any atom is -0.493 e. The predicted octanol–water partition coefficient (Wildman–Crippen LogP) is 28.3. The second-order valence-corrected chi connectivity index (χ2v) is 27.7. The van der Waals surface area contributed by atoms with Crippen LogP contribution in [0.4, 0.5) is 0 Å². The summed E-state index contributed by atoms with van der Waals surface area (Å²) in [5.41, 5.74) is 21.6. The zero-order valence-corrected chi connectivity index (χ0v) is 57.0. The maximum atomic E-state index is 11.8. The second kappa shape index (κ2) is 57.3. The number of allylic oxidation sites excluding steroid dienone is 2. The third kappa shape index (κ3) is 40.2. The van der Waals surface area contributed by atoms with Gasteiger partial charge in [-0.2, -0.15) is 0 Å². The Labute approximate surface area is 516 Å². The fourth-order valence-electron chi connectivity index (χ4n) is 12.2. The average Bonchev–Trinajstić information content (AvgIpc) is 4.05. The minimum atomic E-state index is 1.00. The van der Waals surface area contributed by atoms with Gasteiger partial charge in [-0.3, -0.25) is 0 Å². The van der Waals surface area contributed by atoms with Gasteiger partial charge >= 0.3 is 169 Å². The van der Waals surface area contributed by atoms with Gasteiger partial charge in [0.25, 0.3) is 0 Å². The molecule has 2 aromatic carbocycles. The van der Waals surface area contributed by atoms with Crippen molar-refractivity contribution in [2.24, 2.45) is 0 Å². The third-order valence-corrected chi connectivity index (χ3v) is 19.8. The fourth-order valence-corrected chi connectivity index (χ4v) is 14.2. The summed E-state index contributed by atoms with van der Waals surface area (Å²) in [6.45, 7) is 13.7. The summed E-state index contributed by atoms with van der Waals surface area (Å²) in [5, 5.41) is 0. The van der Waals surface area contributed by atoms with E-state index in [2.05, 4.69) is 90.1 Å². The molecule has 2 aromatic rings. The molecule has 2 nitrogen and oxygen atoms in total. The Morgan fingerprint density at radius 1 is 0.272 bits per heavy atom. The molecule has 81 heavy (non-hydrogen) atoms. The Bertz CT molecular complexity index is 1710. The summed E-state index contributed by atoms with van der Waals surface area (Å²) < 4.78 is 1.54. The Morgan fingerprint density at radius 3 is 0.901 bits per heavy atom. The van der Waals surface area contributed by atoms with Crippen molar-refractivity contribution >= 4 is 11.4 Å². The normalized spacial score (nSPS) is 12.6. The van der Waals surface area contributed by atoms with Crippen molar-refractivity contribution in [1.82, 2.24) is 0 Å². The van der Waals surface area contributed by atoms with E-state index in [-0.39, 0.29) is 0 Å². The predicted molar refractivity (Wildman–Crippen MR) is 361 cm³/mol. The van der Waals surface area contributed by atoms with Crippen LogP contribution in [0.5, 0.6) is 0 Å². The first-order valence-corrected chi connectivity index (χ1v) is 38.8. The van der Waals surface area contributed by atoms with Crippen LogP contribution < -0.4 is 0 Å². The molecule has 3 heteroatoms. The van der Waals surface area contributed by atoms with Crippen LogP contribution in [-0.4, -0.2) is 4.70 Å². The van der Waals surface area contributed by atoms with Crippen LogP contribution >= 0.6 is 0 Å². The first-order valence-electron chi connectivity index (χ1n) is 36.6. The van der Waals surface area contributed by atoms with Crippen molar-refractivity contribution < 1.29 is 22.7 Å². The molecule has 0 saturated heterocycles. The van der Waals surface area contributed by atoms with E-state index >= 15 is 0 Å². The van der Waals surface area contributed by atoms with E-state index in [1.807, 2.05) is 0 Å². The first-order chi connectivity index (χ1) is 40.1. The number of aryl methyl sites for hydroxylation is 2. The number of nitrogens with zero attached hydrogens (tertiary/aromatic N) is 2. The summed E-state index contributed by atoms with van der Waals surface area (Å²) >= 11 is 1.06. The molecular formula is C78H138N2Pd. The van der Waals surface area contributed by atoms with Crippen molar-refractivity contribution in [3.05, 3.63) is 87.5 Å². The van der Waals surface area contributed by atoms with Gasteiger partial charge in [-0.05, 0) is 86.8 Å². The van der Waals surface area contributed by atoms with Crippen LogP contribution in [0.2, 0.25) is 9.79 Å². The first kappa shape index (κ1) is 75.3. The van der Waals surface area contributed by atoms with Gasteiger partial charge in [0.1, 0.15) is 0 Å². The quantitative estimate of drug-likeness (QED) is 0.0358. The van der Waals surface area contributed by atoms with Gasteiger partial charge in [0.15, 0.2) is 0 Å². The number of rotatable bonds is 58. The number of benzene rings is 2. The standard InChI is InChI=1S/C36H52N2.2C21H43.Pd/c1-5-9-13-14-15-16-19-30-20-17-21-32(28-30)36-34(23-12-8-4)33(22-11-7-3)35(38(36)37)31-26-24-29(25-27-31)18-10-6-2;2*1-3-5-7-9-11-13-15-17-19-21-20-18-16-14-12-10-8-6-4-2;/h17,20-21,24-28H,5-16,18-19,22-23H2,1-4H3;2*1,3-21H2,2H3;. The second-order valence-electron chi connectivity index (χ2n) is 25.4. The van der Waals surface area contributed by atoms with E-state index in [9.17, 15) is 5.53 Å². The smallest absolute Gasteiger partial charge is 0.493 e. The zero-order chi connectivity index (χ0) is 58.2. The molecule has 0 N–H and O–H groups in total. The number of hydrogen-bond acceptors (Lipinski definition) is 0. The molecule has 1 aliphatic rings. The zero-order valence-electron chi connectivity index (χ0n) is 55.4. The van der Waals surface area contributed by atoms with Crippen molar-refractivity contribution in [3.8, 4) is 0 Å². The van der Waals surface area contributed by atoms with Crippen LogP contribution in [0.15, 0.2) is 59.7 Å². The average molecular weight is 1210 g/mol. The third-order valence-electron chi connectivity index (χ3n) is 17.6.